The van der Waals surface area contributed by atoms with Crippen molar-refractivity contribution in [3.63, 3.8) is 0 Å². The lowest BCUT2D eigenvalue weighted by Gasteiger charge is -2.13. The number of sulfonamides is 1. The lowest BCUT2D eigenvalue weighted by atomic mass is 10.3. The van der Waals surface area contributed by atoms with Crippen LogP contribution < -0.4 is 4.72 Å². The van der Waals surface area contributed by atoms with Crippen LogP contribution in [-0.4, -0.2) is 18.2 Å². The lowest BCUT2D eigenvalue weighted by Crippen LogP contribution is -2.15. The molecule has 0 radical (unpaired) electrons. The molecule has 23 heavy (non-hydrogen) atoms. The molecule has 5 nitrogen and oxygen atoms in total. The van der Waals surface area contributed by atoms with E-state index in [9.17, 15) is 12.8 Å². The fraction of sp³-hybridized carbons (Fsp3) is 0. The second-order valence-electron chi connectivity index (χ2n) is 4.67. The largest absolute Gasteiger partial charge is 0.277 e. The molecule has 0 saturated carbocycles. The predicted octanol–water partition coefficient (Wildman–Crippen LogP) is 3.47. The van der Waals surface area contributed by atoms with Gasteiger partial charge in [0.2, 0.25) is 0 Å². The fourth-order valence-corrected chi connectivity index (χ4v) is 3.30. The van der Waals surface area contributed by atoms with Crippen LogP contribution in [0, 0.1) is 5.82 Å². The summed E-state index contributed by atoms with van der Waals surface area (Å²) in [6.07, 6.45) is 3.22. The average Bonchev–Trinajstić information content (AvgIpc) is 3.03. The van der Waals surface area contributed by atoms with Gasteiger partial charge in [-0.1, -0.05) is 17.7 Å². The van der Waals surface area contributed by atoms with E-state index in [4.69, 9.17) is 11.6 Å². The minimum atomic E-state index is -3.94. The Morgan fingerprint density at radius 1 is 1.13 bits per heavy atom. The number of hydrogen-bond acceptors (Lipinski definition) is 3. The molecule has 1 aromatic heterocycles. The Morgan fingerprint density at radius 2 is 1.96 bits per heavy atom. The fourth-order valence-electron chi connectivity index (χ4n) is 2.03. The highest BCUT2D eigenvalue weighted by atomic mass is 35.5. The Labute approximate surface area is 137 Å². The smallest absolute Gasteiger partial charge is 0.262 e. The van der Waals surface area contributed by atoms with Crippen LogP contribution in [-0.2, 0) is 10.0 Å². The topological polar surface area (TPSA) is 64.0 Å². The normalized spacial score (nSPS) is 11.4. The highest BCUT2D eigenvalue weighted by Crippen LogP contribution is 2.26. The van der Waals surface area contributed by atoms with Gasteiger partial charge in [-0.25, -0.2) is 17.5 Å². The summed E-state index contributed by atoms with van der Waals surface area (Å²) in [6, 6.07) is 11.1. The monoisotopic (exact) mass is 351 g/mol. The first kappa shape index (κ1) is 15.5. The van der Waals surface area contributed by atoms with E-state index in [0.717, 1.165) is 6.07 Å². The number of benzene rings is 2. The van der Waals surface area contributed by atoms with Gasteiger partial charge in [0, 0.05) is 17.4 Å². The molecule has 0 unspecified atom stereocenters. The summed E-state index contributed by atoms with van der Waals surface area (Å²) >= 11 is 5.97. The minimum Gasteiger partial charge on any atom is -0.277 e. The third-order valence-corrected chi connectivity index (χ3v) is 4.66. The van der Waals surface area contributed by atoms with Crippen molar-refractivity contribution in [1.82, 2.24) is 9.78 Å². The zero-order valence-electron chi connectivity index (χ0n) is 11.6. The molecule has 118 valence electrons. The van der Waals surface area contributed by atoms with Gasteiger partial charge in [0.1, 0.15) is 5.82 Å². The molecule has 0 aliphatic carbocycles. The molecular formula is C15H11ClFN3O2S. The first-order valence-electron chi connectivity index (χ1n) is 6.54. The van der Waals surface area contributed by atoms with E-state index in [-0.39, 0.29) is 10.6 Å². The number of anilines is 1. The molecule has 0 aliphatic heterocycles. The van der Waals surface area contributed by atoms with Crippen LogP contribution in [0.25, 0.3) is 5.69 Å². The molecule has 1 N–H and O–H groups in total. The van der Waals surface area contributed by atoms with Crippen LogP contribution in [0.5, 0.6) is 0 Å². The van der Waals surface area contributed by atoms with E-state index in [1.165, 1.54) is 28.9 Å². The third-order valence-electron chi connectivity index (χ3n) is 3.06. The van der Waals surface area contributed by atoms with Crippen molar-refractivity contribution in [3.8, 4) is 5.69 Å². The highest BCUT2D eigenvalue weighted by Gasteiger charge is 2.17. The SMILES string of the molecule is O=S(=O)(Nc1ccc(Cl)cc1-n1cccn1)c1cccc(F)c1. The Bertz CT molecular complexity index is 943. The number of halogens is 2. The highest BCUT2D eigenvalue weighted by molar-refractivity contribution is 7.92. The van der Waals surface area contributed by atoms with Gasteiger partial charge in [0.25, 0.3) is 10.0 Å². The summed E-state index contributed by atoms with van der Waals surface area (Å²) in [5, 5.41) is 4.50. The van der Waals surface area contributed by atoms with Gasteiger partial charge in [-0.3, -0.25) is 4.72 Å². The van der Waals surface area contributed by atoms with Crippen LogP contribution in [0.4, 0.5) is 10.1 Å². The van der Waals surface area contributed by atoms with Gasteiger partial charge >= 0.3 is 0 Å². The number of hydrogen-bond donors (Lipinski definition) is 1. The quantitative estimate of drug-likeness (QED) is 0.782. The van der Waals surface area contributed by atoms with Crippen molar-refractivity contribution in [1.29, 1.82) is 0 Å². The lowest BCUT2D eigenvalue weighted by molar-refractivity contribution is 0.595. The molecule has 0 amide bonds. The van der Waals surface area contributed by atoms with E-state index in [1.54, 1.807) is 30.6 Å². The average molecular weight is 352 g/mol. The Hall–Kier alpha value is -2.38. The second kappa shape index (κ2) is 6.02. The zero-order valence-corrected chi connectivity index (χ0v) is 13.2. The number of nitrogens with one attached hydrogen (secondary N) is 1. The second-order valence-corrected chi connectivity index (χ2v) is 6.79. The molecule has 8 heteroatoms. The molecule has 3 rings (SSSR count). The van der Waals surface area contributed by atoms with E-state index in [1.807, 2.05) is 0 Å². The summed E-state index contributed by atoms with van der Waals surface area (Å²) < 4.78 is 42.0. The van der Waals surface area contributed by atoms with Crippen molar-refractivity contribution in [2.45, 2.75) is 4.90 Å². The summed E-state index contributed by atoms with van der Waals surface area (Å²) in [5.41, 5.74) is 0.741. The van der Waals surface area contributed by atoms with Crippen molar-refractivity contribution in [2.75, 3.05) is 4.72 Å². The molecule has 0 atom stereocenters. The van der Waals surface area contributed by atoms with Crippen molar-refractivity contribution < 1.29 is 12.8 Å². The molecule has 1 heterocycles. The van der Waals surface area contributed by atoms with Gasteiger partial charge in [-0.05, 0) is 42.5 Å². The molecule has 3 aromatic rings. The van der Waals surface area contributed by atoms with Gasteiger partial charge in [-0.15, -0.1) is 0 Å². The molecule has 0 fully saturated rings. The van der Waals surface area contributed by atoms with Gasteiger partial charge in [0.05, 0.1) is 16.3 Å². The molecule has 0 saturated heterocycles. The van der Waals surface area contributed by atoms with Crippen LogP contribution in [0.15, 0.2) is 65.8 Å². The predicted molar refractivity (Wildman–Crippen MR) is 85.8 cm³/mol. The molecule has 0 spiro atoms. The molecule has 0 bridgehead atoms. The summed E-state index contributed by atoms with van der Waals surface area (Å²) in [5.74, 6) is -0.628. The molecule has 2 aromatic carbocycles. The Kier molecular flexibility index (Phi) is 4.06. The van der Waals surface area contributed by atoms with E-state index in [2.05, 4.69) is 9.82 Å². The van der Waals surface area contributed by atoms with Gasteiger partial charge < -0.3 is 0 Å². The summed E-state index contributed by atoms with van der Waals surface area (Å²) in [6.45, 7) is 0. The molecule has 0 aliphatic rings. The van der Waals surface area contributed by atoms with E-state index in [0.29, 0.717) is 10.7 Å². The summed E-state index contributed by atoms with van der Waals surface area (Å²) in [7, 11) is -3.94. The zero-order chi connectivity index (χ0) is 16.4. The maximum Gasteiger partial charge on any atom is 0.262 e. The standard InChI is InChI=1S/C15H11ClFN3O2S/c16-11-5-6-14(15(9-11)20-8-2-7-18-20)19-23(21,22)13-4-1-3-12(17)10-13/h1-10,19H. The number of rotatable bonds is 4. The Balaban J connectivity index is 2.03. The number of aromatic nitrogens is 2. The minimum absolute atomic E-state index is 0.168. The molecular weight excluding hydrogens is 341 g/mol. The van der Waals surface area contributed by atoms with E-state index < -0.39 is 15.8 Å². The van der Waals surface area contributed by atoms with Crippen LogP contribution in [0.3, 0.4) is 0 Å². The Morgan fingerprint density at radius 3 is 2.65 bits per heavy atom. The van der Waals surface area contributed by atoms with Crippen molar-refractivity contribution in [3.05, 3.63) is 71.8 Å². The van der Waals surface area contributed by atoms with E-state index >= 15 is 0 Å². The summed E-state index contributed by atoms with van der Waals surface area (Å²) in [4.78, 5) is -0.168. The van der Waals surface area contributed by atoms with Crippen molar-refractivity contribution in [2.24, 2.45) is 0 Å². The first-order chi connectivity index (χ1) is 11.0. The van der Waals surface area contributed by atoms with Crippen molar-refractivity contribution >= 4 is 27.3 Å². The van der Waals surface area contributed by atoms with Gasteiger partial charge in [0.15, 0.2) is 0 Å². The maximum atomic E-state index is 13.3. The van der Waals surface area contributed by atoms with Crippen LogP contribution in [0.2, 0.25) is 5.02 Å². The maximum absolute atomic E-state index is 13.3. The van der Waals surface area contributed by atoms with Gasteiger partial charge in [-0.2, -0.15) is 5.10 Å². The van der Waals surface area contributed by atoms with Crippen LogP contribution >= 0.6 is 11.6 Å². The van der Waals surface area contributed by atoms with Crippen LogP contribution in [0.1, 0.15) is 0 Å². The third kappa shape index (κ3) is 3.35. The number of nitrogens with zero attached hydrogens (tertiary/aromatic N) is 2. The first-order valence-corrected chi connectivity index (χ1v) is 8.40.